The standard InChI is InChI=1S/C23H28N6O2/c1-2-21(31)28-7-9-29(10-8-28)23-17-5-3-15(11-20(17)26-14-27-23)22-16(13-30)4-6-19(25)18(22)12-24/h2,4,6,12,14-15,24,30H,1,3,5,7-11,13,25H2. The average molecular weight is 421 g/mol. The van der Waals surface area contributed by atoms with Gasteiger partial charge in [-0.1, -0.05) is 12.6 Å². The van der Waals surface area contributed by atoms with E-state index in [2.05, 4.69) is 21.4 Å². The van der Waals surface area contributed by atoms with Crippen LogP contribution in [0.15, 0.2) is 31.1 Å². The number of hydrogen-bond acceptors (Lipinski definition) is 7. The third-order valence-corrected chi connectivity index (χ3v) is 6.39. The van der Waals surface area contributed by atoms with Gasteiger partial charge in [0, 0.05) is 54.9 Å². The van der Waals surface area contributed by atoms with Crippen LogP contribution < -0.4 is 10.6 Å². The minimum absolute atomic E-state index is 0.0315. The Morgan fingerprint density at radius 2 is 2.06 bits per heavy atom. The Labute approximate surface area is 181 Å². The first-order chi connectivity index (χ1) is 15.1. The quantitative estimate of drug-likeness (QED) is 0.384. The number of carbonyl (C=O) groups is 1. The van der Waals surface area contributed by atoms with Crippen molar-refractivity contribution in [1.29, 1.82) is 5.41 Å². The van der Waals surface area contributed by atoms with Crippen LogP contribution in [-0.2, 0) is 24.2 Å². The van der Waals surface area contributed by atoms with E-state index in [9.17, 15) is 9.90 Å². The molecule has 1 fully saturated rings. The lowest BCUT2D eigenvalue weighted by molar-refractivity contribution is -0.126. The van der Waals surface area contributed by atoms with Crippen LogP contribution in [0.25, 0.3) is 0 Å². The van der Waals surface area contributed by atoms with Crippen LogP contribution in [0.3, 0.4) is 0 Å². The highest BCUT2D eigenvalue weighted by molar-refractivity contribution is 5.88. The van der Waals surface area contributed by atoms with Gasteiger partial charge in [-0.25, -0.2) is 9.97 Å². The van der Waals surface area contributed by atoms with Crippen LogP contribution in [0.4, 0.5) is 11.5 Å². The maximum absolute atomic E-state index is 11.9. The predicted molar refractivity (Wildman–Crippen MR) is 120 cm³/mol. The van der Waals surface area contributed by atoms with Gasteiger partial charge in [0.2, 0.25) is 5.91 Å². The monoisotopic (exact) mass is 420 g/mol. The van der Waals surface area contributed by atoms with Crippen molar-refractivity contribution in [2.24, 2.45) is 0 Å². The third kappa shape index (κ3) is 3.90. The average Bonchev–Trinajstić information content (AvgIpc) is 2.82. The fraction of sp³-hybridized carbons (Fsp3) is 0.391. The largest absolute Gasteiger partial charge is 0.398 e. The highest BCUT2D eigenvalue weighted by atomic mass is 16.3. The van der Waals surface area contributed by atoms with Gasteiger partial charge in [-0.3, -0.25) is 4.79 Å². The summed E-state index contributed by atoms with van der Waals surface area (Å²) >= 11 is 0. The molecule has 2 heterocycles. The molecule has 0 saturated carbocycles. The highest BCUT2D eigenvalue weighted by Gasteiger charge is 2.30. The second-order valence-electron chi connectivity index (χ2n) is 8.02. The van der Waals surface area contributed by atoms with Gasteiger partial charge in [-0.2, -0.15) is 0 Å². The number of hydrogen-bond donors (Lipinski definition) is 3. The number of amides is 1. The van der Waals surface area contributed by atoms with Crippen molar-refractivity contribution in [3.8, 4) is 0 Å². The minimum Gasteiger partial charge on any atom is -0.398 e. The number of nitrogens with zero attached hydrogens (tertiary/aromatic N) is 4. The molecule has 1 aliphatic heterocycles. The summed E-state index contributed by atoms with van der Waals surface area (Å²) in [6, 6.07) is 3.60. The van der Waals surface area contributed by atoms with E-state index in [0.717, 1.165) is 60.6 Å². The van der Waals surface area contributed by atoms with E-state index in [4.69, 9.17) is 11.1 Å². The zero-order valence-corrected chi connectivity index (χ0v) is 17.5. The van der Waals surface area contributed by atoms with E-state index in [1.807, 2.05) is 11.0 Å². The number of nitrogen functional groups attached to an aromatic ring is 1. The molecule has 8 heteroatoms. The molecule has 0 radical (unpaired) electrons. The normalized spacial score (nSPS) is 18.4. The molecule has 162 valence electrons. The number of carbonyl (C=O) groups excluding carboxylic acids is 1. The minimum atomic E-state index is -0.0808. The number of aliphatic hydroxyl groups excluding tert-OH is 1. The molecule has 4 rings (SSSR count). The van der Waals surface area contributed by atoms with Crippen molar-refractivity contribution >= 4 is 23.6 Å². The molecular weight excluding hydrogens is 392 g/mol. The fourth-order valence-corrected chi connectivity index (χ4v) is 4.79. The van der Waals surface area contributed by atoms with Crippen molar-refractivity contribution in [3.63, 3.8) is 0 Å². The topological polar surface area (TPSA) is 119 Å². The maximum atomic E-state index is 11.9. The molecule has 1 unspecified atom stereocenters. The summed E-state index contributed by atoms with van der Waals surface area (Å²) in [4.78, 5) is 25.1. The Morgan fingerprint density at radius 3 is 2.74 bits per heavy atom. The maximum Gasteiger partial charge on any atom is 0.246 e. The summed E-state index contributed by atoms with van der Waals surface area (Å²) in [5, 5.41) is 17.7. The Hall–Kier alpha value is -3.26. The summed E-state index contributed by atoms with van der Waals surface area (Å²) < 4.78 is 0. The van der Waals surface area contributed by atoms with Gasteiger partial charge in [0.1, 0.15) is 12.1 Å². The van der Waals surface area contributed by atoms with Crippen molar-refractivity contribution in [1.82, 2.24) is 14.9 Å². The molecular formula is C23H28N6O2. The molecule has 1 amide bonds. The first kappa shape index (κ1) is 21.0. The number of fused-ring (bicyclic) bond motifs is 1. The summed E-state index contributed by atoms with van der Waals surface area (Å²) in [6.45, 7) is 6.25. The highest BCUT2D eigenvalue weighted by Crippen LogP contribution is 2.39. The number of benzene rings is 1. The van der Waals surface area contributed by atoms with E-state index in [1.165, 1.54) is 12.3 Å². The van der Waals surface area contributed by atoms with Crippen LogP contribution in [0.1, 0.15) is 40.3 Å². The number of nitrogens with two attached hydrogens (primary N) is 1. The van der Waals surface area contributed by atoms with Gasteiger partial charge < -0.3 is 26.0 Å². The van der Waals surface area contributed by atoms with Crippen LogP contribution in [0.2, 0.25) is 0 Å². The van der Waals surface area contributed by atoms with Crippen LogP contribution in [-0.4, -0.2) is 58.3 Å². The molecule has 1 aromatic heterocycles. The fourth-order valence-electron chi connectivity index (χ4n) is 4.79. The van der Waals surface area contributed by atoms with Crippen LogP contribution >= 0.6 is 0 Å². The molecule has 2 aromatic rings. The number of piperazine rings is 1. The molecule has 2 aliphatic rings. The van der Waals surface area contributed by atoms with Crippen molar-refractivity contribution < 1.29 is 9.90 Å². The van der Waals surface area contributed by atoms with E-state index in [-0.39, 0.29) is 18.4 Å². The number of aromatic nitrogens is 2. The lowest BCUT2D eigenvalue weighted by Crippen LogP contribution is -2.49. The molecule has 1 saturated heterocycles. The van der Waals surface area contributed by atoms with E-state index in [0.29, 0.717) is 24.3 Å². The summed E-state index contributed by atoms with van der Waals surface area (Å²) in [5.74, 6) is 1.06. The Morgan fingerprint density at radius 1 is 1.29 bits per heavy atom. The smallest absolute Gasteiger partial charge is 0.246 e. The van der Waals surface area contributed by atoms with Crippen LogP contribution in [0.5, 0.6) is 0 Å². The van der Waals surface area contributed by atoms with E-state index in [1.54, 1.807) is 12.4 Å². The second-order valence-corrected chi connectivity index (χ2v) is 8.02. The zero-order chi connectivity index (χ0) is 22.0. The molecule has 0 bridgehead atoms. The summed E-state index contributed by atoms with van der Waals surface area (Å²) in [5.41, 5.74) is 11.3. The van der Waals surface area contributed by atoms with Crippen LogP contribution in [0, 0.1) is 5.41 Å². The number of nitrogens with one attached hydrogen (secondary N) is 1. The molecule has 1 aromatic carbocycles. The Balaban J connectivity index is 1.59. The Bertz CT molecular complexity index is 1010. The van der Waals surface area contributed by atoms with Gasteiger partial charge in [-0.05, 0) is 48.4 Å². The molecule has 8 nitrogen and oxygen atoms in total. The van der Waals surface area contributed by atoms with Crippen molar-refractivity contribution in [2.45, 2.75) is 31.8 Å². The lowest BCUT2D eigenvalue weighted by Gasteiger charge is -2.37. The zero-order valence-electron chi connectivity index (χ0n) is 17.5. The summed E-state index contributed by atoms with van der Waals surface area (Å²) in [7, 11) is 0. The lowest BCUT2D eigenvalue weighted by atomic mass is 9.78. The Kier molecular flexibility index (Phi) is 5.99. The molecule has 4 N–H and O–H groups in total. The van der Waals surface area contributed by atoms with Crippen molar-refractivity contribution in [3.05, 3.63) is 59.1 Å². The predicted octanol–water partition coefficient (Wildman–Crippen LogP) is 1.66. The number of aliphatic hydroxyl groups is 1. The second kappa shape index (κ2) is 8.85. The molecule has 0 spiro atoms. The molecule has 1 atom stereocenters. The first-order valence-corrected chi connectivity index (χ1v) is 10.6. The molecule has 1 aliphatic carbocycles. The van der Waals surface area contributed by atoms with Gasteiger partial charge in [0.05, 0.1) is 6.61 Å². The van der Waals surface area contributed by atoms with Crippen molar-refractivity contribution in [2.75, 3.05) is 36.8 Å². The van der Waals surface area contributed by atoms with Gasteiger partial charge in [0.15, 0.2) is 0 Å². The van der Waals surface area contributed by atoms with E-state index < -0.39 is 0 Å². The van der Waals surface area contributed by atoms with E-state index >= 15 is 0 Å². The number of rotatable bonds is 5. The van der Waals surface area contributed by atoms with Gasteiger partial charge in [0.25, 0.3) is 0 Å². The molecule has 31 heavy (non-hydrogen) atoms. The van der Waals surface area contributed by atoms with Gasteiger partial charge in [-0.15, -0.1) is 0 Å². The summed E-state index contributed by atoms with van der Waals surface area (Å²) in [6.07, 6.45) is 6.67. The SMILES string of the molecule is C=CC(=O)N1CCN(c2ncnc3c2CCC(c2c(CO)ccc(N)c2C=N)C3)CC1. The number of anilines is 2. The third-order valence-electron chi connectivity index (χ3n) is 6.39. The van der Waals surface area contributed by atoms with Gasteiger partial charge >= 0.3 is 0 Å². The first-order valence-electron chi connectivity index (χ1n) is 10.6.